The van der Waals surface area contributed by atoms with E-state index in [1.165, 1.54) is 0 Å². The lowest BCUT2D eigenvalue weighted by Gasteiger charge is -2.27. The van der Waals surface area contributed by atoms with Crippen molar-refractivity contribution in [3.63, 3.8) is 0 Å². The lowest BCUT2D eigenvalue weighted by atomic mass is 10.0. The standard InChI is InChI=1S/C9H13N3O3/c1-12-5-7(2-3-8(12)4-10)11-15-6-9(13)14/h8H,2-3,5-6H2,1H3,(H,13,14)/b11-7+. The number of carboxylic acids is 1. The Hall–Kier alpha value is -1.61. The molecule has 1 saturated heterocycles. The van der Waals surface area contributed by atoms with Gasteiger partial charge in [0.1, 0.15) is 0 Å². The summed E-state index contributed by atoms with van der Waals surface area (Å²) in [6.07, 6.45) is 1.39. The number of piperidine rings is 1. The van der Waals surface area contributed by atoms with Gasteiger partial charge in [-0.05, 0) is 19.9 Å². The van der Waals surface area contributed by atoms with Crippen molar-refractivity contribution in [1.29, 1.82) is 5.26 Å². The highest BCUT2D eigenvalue weighted by Gasteiger charge is 2.22. The van der Waals surface area contributed by atoms with E-state index in [9.17, 15) is 4.79 Å². The van der Waals surface area contributed by atoms with Crippen molar-refractivity contribution in [3.8, 4) is 6.07 Å². The van der Waals surface area contributed by atoms with E-state index >= 15 is 0 Å². The van der Waals surface area contributed by atoms with E-state index in [1.807, 2.05) is 11.9 Å². The summed E-state index contributed by atoms with van der Waals surface area (Å²) >= 11 is 0. The molecular weight excluding hydrogens is 198 g/mol. The maximum Gasteiger partial charge on any atom is 0.344 e. The molecule has 6 nitrogen and oxygen atoms in total. The maximum absolute atomic E-state index is 10.2. The van der Waals surface area contributed by atoms with Crippen molar-refractivity contribution in [2.45, 2.75) is 18.9 Å². The van der Waals surface area contributed by atoms with Gasteiger partial charge >= 0.3 is 5.97 Å². The van der Waals surface area contributed by atoms with Gasteiger partial charge in [-0.25, -0.2) is 4.79 Å². The second-order valence-electron chi connectivity index (χ2n) is 3.42. The second kappa shape index (κ2) is 5.32. The van der Waals surface area contributed by atoms with Gasteiger partial charge in [-0.15, -0.1) is 0 Å². The minimum Gasteiger partial charge on any atom is -0.479 e. The van der Waals surface area contributed by atoms with E-state index in [1.54, 1.807) is 0 Å². The smallest absolute Gasteiger partial charge is 0.344 e. The van der Waals surface area contributed by atoms with Crippen LogP contribution in [0.15, 0.2) is 5.16 Å². The van der Waals surface area contributed by atoms with E-state index in [2.05, 4.69) is 16.1 Å². The summed E-state index contributed by atoms with van der Waals surface area (Å²) in [5.74, 6) is -1.04. The largest absolute Gasteiger partial charge is 0.479 e. The summed E-state index contributed by atoms with van der Waals surface area (Å²) in [6, 6.07) is 2.10. The van der Waals surface area contributed by atoms with Crippen LogP contribution < -0.4 is 0 Å². The molecule has 0 aliphatic carbocycles. The fraction of sp³-hybridized carbons (Fsp3) is 0.667. The quantitative estimate of drug-likeness (QED) is 0.667. The van der Waals surface area contributed by atoms with Crippen LogP contribution in [0.5, 0.6) is 0 Å². The van der Waals surface area contributed by atoms with Crippen LogP contribution in [0.1, 0.15) is 12.8 Å². The SMILES string of the molecule is CN1C/C(=N/OCC(=O)O)CCC1C#N. The maximum atomic E-state index is 10.2. The Kier molecular flexibility index (Phi) is 4.06. The summed E-state index contributed by atoms with van der Waals surface area (Å²) < 4.78 is 0. The van der Waals surface area contributed by atoms with Crippen molar-refractivity contribution in [3.05, 3.63) is 0 Å². The molecule has 0 aromatic carbocycles. The topological polar surface area (TPSA) is 85.9 Å². The van der Waals surface area contributed by atoms with Gasteiger partial charge in [0, 0.05) is 6.54 Å². The minimum absolute atomic E-state index is 0.0802. The number of nitrogens with zero attached hydrogens (tertiary/aromatic N) is 3. The van der Waals surface area contributed by atoms with E-state index in [0.29, 0.717) is 19.4 Å². The first-order valence-corrected chi connectivity index (χ1v) is 4.63. The van der Waals surface area contributed by atoms with Crippen LogP contribution in [0.3, 0.4) is 0 Å². The molecular formula is C9H13N3O3. The first-order valence-electron chi connectivity index (χ1n) is 4.63. The average molecular weight is 211 g/mol. The zero-order valence-electron chi connectivity index (χ0n) is 8.51. The Balaban J connectivity index is 2.40. The fourth-order valence-corrected chi connectivity index (χ4v) is 1.42. The Morgan fingerprint density at radius 3 is 3.13 bits per heavy atom. The number of carbonyl (C=O) groups is 1. The summed E-state index contributed by atoms with van der Waals surface area (Å²) in [7, 11) is 1.83. The highest BCUT2D eigenvalue weighted by Crippen LogP contribution is 2.12. The molecule has 1 aliphatic heterocycles. The zero-order chi connectivity index (χ0) is 11.3. The Morgan fingerprint density at radius 1 is 1.87 bits per heavy atom. The summed E-state index contributed by atoms with van der Waals surface area (Å²) in [5.41, 5.74) is 0.783. The van der Waals surface area contributed by atoms with Gasteiger partial charge in [0.2, 0.25) is 6.61 Å². The van der Waals surface area contributed by atoms with Gasteiger partial charge in [0.25, 0.3) is 0 Å². The third-order valence-electron chi connectivity index (χ3n) is 2.20. The number of hydrogen-bond donors (Lipinski definition) is 1. The molecule has 1 N–H and O–H groups in total. The minimum atomic E-state index is -1.04. The molecule has 15 heavy (non-hydrogen) atoms. The van der Waals surface area contributed by atoms with Crippen molar-refractivity contribution in [2.75, 3.05) is 20.2 Å². The molecule has 0 aromatic rings. The van der Waals surface area contributed by atoms with Gasteiger partial charge in [-0.1, -0.05) is 5.16 Å². The number of carboxylic acid groups (broad SMARTS) is 1. The van der Waals surface area contributed by atoms with Crippen LogP contribution in [0.25, 0.3) is 0 Å². The zero-order valence-corrected chi connectivity index (χ0v) is 8.51. The molecule has 0 bridgehead atoms. The van der Waals surface area contributed by atoms with Crippen molar-refractivity contribution in [2.24, 2.45) is 5.16 Å². The van der Waals surface area contributed by atoms with Crippen LogP contribution in [0.4, 0.5) is 0 Å². The second-order valence-corrected chi connectivity index (χ2v) is 3.42. The van der Waals surface area contributed by atoms with E-state index in [0.717, 1.165) is 5.71 Å². The van der Waals surface area contributed by atoms with Crippen LogP contribution >= 0.6 is 0 Å². The van der Waals surface area contributed by atoms with Crippen molar-refractivity contribution in [1.82, 2.24) is 4.90 Å². The first-order chi connectivity index (χ1) is 7.13. The van der Waals surface area contributed by atoms with Crippen LogP contribution in [-0.2, 0) is 9.63 Å². The Bertz CT molecular complexity index is 308. The summed E-state index contributed by atoms with van der Waals surface area (Å²) in [4.78, 5) is 16.7. The summed E-state index contributed by atoms with van der Waals surface area (Å²) in [6.45, 7) is 0.132. The molecule has 1 rings (SSSR count). The van der Waals surface area contributed by atoms with E-state index in [-0.39, 0.29) is 6.04 Å². The molecule has 82 valence electrons. The van der Waals surface area contributed by atoms with E-state index < -0.39 is 12.6 Å². The molecule has 1 unspecified atom stereocenters. The average Bonchev–Trinajstić information content (AvgIpc) is 2.17. The van der Waals surface area contributed by atoms with E-state index in [4.69, 9.17) is 10.4 Å². The van der Waals surface area contributed by atoms with Gasteiger partial charge in [0.15, 0.2) is 0 Å². The van der Waals surface area contributed by atoms with Gasteiger partial charge in [-0.3, -0.25) is 4.90 Å². The van der Waals surface area contributed by atoms with Gasteiger partial charge in [0.05, 0.1) is 17.8 Å². The first kappa shape index (κ1) is 11.5. The third-order valence-corrected chi connectivity index (χ3v) is 2.20. The monoisotopic (exact) mass is 211 g/mol. The highest BCUT2D eigenvalue weighted by atomic mass is 16.6. The molecule has 6 heteroatoms. The lowest BCUT2D eigenvalue weighted by Crippen LogP contribution is -2.40. The number of likely N-dealkylation sites (tertiary alicyclic amines) is 1. The number of rotatable bonds is 3. The van der Waals surface area contributed by atoms with Crippen LogP contribution in [-0.4, -0.2) is 47.9 Å². The molecule has 0 aromatic heterocycles. The molecule has 0 radical (unpaired) electrons. The number of hydrogen-bond acceptors (Lipinski definition) is 5. The molecule has 1 aliphatic rings. The molecule has 0 spiro atoms. The van der Waals surface area contributed by atoms with Crippen molar-refractivity contribution >= 4 is 11.7 Å². The fourth-order valence-electron chi connectivity index (χ4n) is 1.42. The highest BCUT2D eigenvalue weighted by molar-refractivity contribution is 5.86. The Labute approximate surface area is 87.7 Å². The van der Waals surface area contributed by atoms with Gasteiger partial charge in [-0.2, -0.15) is 5.26 Å². The number of oxime groups is 1. The lowest BCUT2D eigenvalue weighted by molar-refractivity contribution is -0.142. The third kappa shape index (κ3) is 3.56. The molecule has 0 amide bonds. The molecule has 1 atom stereocenters. The number of aliphatic carboxylic acids is 1. The van der Waals surface area contributed by atoms with Crippen LogP contribution in [0.2, 0.25) is 0 Å². The van der Waals surface area contributed by atoms with Gasteiger partial charge < -0.3 is 9.94 Å². The van der Waals surface area contributed by atoms with Crippen LogP contribution in [0, 0.1) is 11.3 Å². The molecule has 1 fully saturated rings. The molecule has 0 saturated carbocycles. The predicted molar refractivity (Wildman–Crippen MR) is 52.3 cm³/mol. The number of nitriles is 1. The molecule has 1 heterocycles. The normalized spacial score (nSPS) is 24.8. The van der Waals surface area contributed by atoms with Crippen molar-refractivity contribution < 1.29 is 14.7 Å². The summed E-state index contributed by atoms with van der Waals surface area (Å²) in [5, 5.41) is 20.8. The predicted octanol–water partition coefficient (Wildman–Crippen LogP) is 0.0614. The Morgan fingerprint density at radius 2 is 2.60 bits per heavy atom.